The number of aliphatic hydroxyl groups is 2. The van der Waals surface area contributed by atoms with Gasteiger partial charge in [-0.2, -0.15) is 0 Å². The minimum absolute atomic E-state index is 0.0788. The lowest BCUT2D eigenvalue weighted by Crippen LogP contribution is -2.08. The monoisotopic (exact) mass is 826 g/mol. The van der Waals surface area contributed by atoms with Gasteiger partial charge in [0.25, 0.3) is 11.4 Å². The highest BCUT2D eigenvalue weighted by Crippen LogP contribution is 2.62. The maximum atomic E-state index is 13.5. The molecule has 0 aliphatic heterocycles. The third kappa shape index (κ3) is 12.2. The van der Waals surface area contributed by atoms with Crippen LogP contribution in [0.5, 0.6) is 0 Å². The number of rotatable bonds is 18. The lowest BCUT2D eigenvalue weighted by atomic mass is 10.2. The Balaban J connectivity index is 0.000000221. The van der Waals surface area contributed by atoms with Crippen molar-refractivity contribution in [2.75, 3.05) is 0 Å². The third-order valence-electron chi connectivity index (χ3n) is 8.44. The molecule has 16 heteroatoms. The molecule has 0 saturated heterocycles. The molecule has 58 heavy (non-hydrogen) atoms. The van der Waals surface area contributed by atoms with Crippen molar-refractivity contribution < 1.29 is 47.3 Å². The van der Waals surface area contributed by atoms with Crippen LogP contribution in [0.3, 0.4) is 0 Å². The van der Waals surface area contributed by atoms with E-state index in [1.165, 1.54) is 48.5 Å². The first-order valence-corrected chi connectivity index (χ1v) is 21.0. The first-order valence-electron chi connectivity index (χ1n) is 17.7. The number of hydrogen-bond acceptors (Lipinski definition) is 12. The SMILES string of the molecule is O=[N+]([O-])c1ccccc1[C@@H](O)P(=O)(OCc1ccccc1)OCc1ccccc1.O=[N+]([O-])c1ccccc1[C@H](O)P(=O)(OCc1ccccc1)OCc1ccccc1. The predicted molar refractivity (Wildman–Crippen MR) is 216 cm³/mol. The van der Waals surface area contributed by atoms with Crippen LogP contribution in [0.4, 0.5) is 11.4 Å². The molecular formula is C42H40N2O12P2. The van der Waals surface area contributed by atoms with Crippen LogP contribution in [0, 0.1) is 20.2 Å². The smallest absolute Gasteiger partial charge is 0.364 e. The van der Waals surface area contributed by atoms with Crippen molar-refractivity contribution in [2.24, 2.45) is 0 Å². The average Bonchev–Trinajstić information content (AvgIpc) is 3.27. The van der Waals surface area contributed by atoms with Crippen molar-refractivity contribution in [1.29, 1.82) is 0 Å². The zero-order valence-corrected chi connectivity index (χ0v) is 32.7. The highest BCUT2D eigenvalue weighted by molar-refractivity contribution is 7.54. The Morgan fingerprint density at radius 2 is 0.638 bits per heavy atom. The zero-order chi connectivity index (χ0) is 41.4. The van der Waals surface area contributed by atoms with Gasteiger partial charge in [-0.15, -0.1) is 0 Å². The minimum atomic E-state index is -4.18. The summed E-state index contributed by atoms with van der Waals surface area (Å²) in [4.78, 5) is 21.4. The number of hydrogen-bond donors (Lipinski definition) is 2. The quantitative estimate of drug-likeness (QED) is 0.0473. The molecule has 2 atom stereocenters. The lowest BCUT2D eigenvalue weighted by molar-refractivity contribution is -0.386. The maximum Gasteiger partial charge on any atom is 0.364 e. The van der Waals surface area contributed by atoms with E-state index in [2.05, 4.69) is 0 Å². The molecule has 6 rings (SSSR count). The van der Waals surface area contributed by atoms with E-state index in [4.69, 9.17) is 18.1 Å². The summed E-state index contributed by atoms with van der Waals surface area (Å²) in [5.74, 6) is -3.62. The topological polar surface area (TPSA) is 198 Å². The molecule has 0 amide bonds. The number of aliphatic hydroxyl groups excluding tert-OH is 2. The van der Waals surface area contributed by atoms with Crippen molar-refractivity contribution in [3.05, 3.63) is 223 Å². The van der Waals surface area contributed by atoms with Gasteiger partial charge in [0.15, 0.2) is 11.7 Å². The van der Waals surface area contributed by atoms with Crippen molar-refractivity contribution >= 4 is 26.6 Å². The molecule has 300 valence electrons. The van der Waals surface area contributed by atoms with Gasteiger partial charge in [0.1, 0.15) is 0 Å². The standard InChI is InChI=1S/2C21H20NO6P/c2*23-21(19-13-7-8-14-20(19)22(24)25)29(26,27-15-17-9-3-1-4-10-17)28-16-18-11-5-2-6-12-18/h2*1-14,21,23H,15-16H2/t2*21-/m10/s1. The second kappa shape index (κ2) is 21.2. The first-order chi connectivity index (χ1) is 28.0. The van der Waals surface area contributed by atoms with Gasteiger partial charge in [-0.3, -0.25) is 29.4 Å². The fourth-order valence-corrected chi connectivity index (χ4v) is 8.54. The fourth-order valence-electron chi connectivity index (χ4n) is 5.40. The van der Waals surface area contributed by atoms with Crippen LogP contribution in [-0.4, -0.2) is 20.1 Å². The Kier molecular flexibility index (Phi) is 15.9. The molecule has 2 N–H and O–H groups in total. The van der Waals surface area contributed by atoms with Gasteiger partial charge in [0, 0.05) is 12.1 Å². The zero-order valence-electron chi connectivity index (χ0n) is 30.9. The second-order valence-corrected chi connectivity index (χ2v) is 16.7. The normalized spacial score (nSPS) is 12.4. The van der Waals surface area contributed by atoms with Crippen LogP contribution in [0.1, 0.15) is 45.1 Å². The van der Waals surface area contributed by atoms with Crippen LogP contribution in [-0.2, 0) is 53.7 Å². The highest BCUT2D eigenvalue weighted by atomic mass is 31.2. The number of benzene rings is 6. The second-order valence-electron chi connectivity index (χ2n) is 12.5. The first kappa shape index (κ1) is 43.5. The van der Waals surface area contributed by atoms with Crippen LogP contribution >= 0.6 is 15.2 Å². The Bertz CT molecular complexity index is 2060. The van der Waals surface area contributed by atoms with Gasteiger partial charge >= 0.3 is 15.2 Å². The molecule has 0 unspecified atom stereocenters. The Labute approximate surface area is 334 Å². The van der Waals surface area contributed by atoms with Crippen molar-refractivity contribution in [3.8, 4) is 0 Å². The largest absolute Gasteiger partial charge is 0.376 e. The molecular weight excluding hydrogens is 786 g/mol. The van der Waals surface area contributed by atoms with E-state index in [9.17, 15) is 39.6 Å². The molecule has 0 saturated carbocycles. The predicted octanol–water partition coefficient (Wildman–Crippen LogP) is 10.4. The molecule has 14 nitrogen and oxygen atoms in total. The number of nitro benzene ring substituents is 2. The van der Waals surface area contributed by atoms with E-state index in [1.54, 1.807) is 97.1 Å². The molecule has 6 aromatic rings. The average molecular weight is 827 g/mol. The van der Waals surface area contributed by atoms with E-state index in [0.29, 0.717) is 0 Å². The van der Waals surface area contributed by atoms with E-state index < -0.39 is 36.7 Å². The van der Waals surface area contributed by atoms with Crippen LogP contribution < -0.4 is 0 Å². The minimum Gasteiger partial charge on any atom is -0.376 e. The molecule has 0 fully saturated rings. The number of nitrogens with zero attached hydrogens (tertiary/aromatic N) is 2. The summed E-state index contributed by atoms with van der Waals surface area (Å²) in [5.41, 5.74) is 1.95. The molecule has 0 heterocycles. The lowest BCUT2D eigenvalue weighted by Gasteiger charge is -2.23. The van der Waals surface area contributed by atoms with Gasteiger partial charge in [0.05, 0.1) is 47.4 Å². The highest BCUT2D eigenvalue weighted by Gasteiger charge is 2.41. The summed E-state index contributed by atoms with van der Waals surface area (Å²) in [7, 11) is -8.36. The molecule has 0 bridgehead atoms. The molecule has 0 aliphatic carbocycles. The van der Waals surface area contributed by atoms with Gasteiger partial charge in [-0.1, -0.05) is 146 Å². The number of nitro groups is 2. The van der Waals surface area contributed by atoms with Crippen molar-refractivity contribution in [2.45, 2.75) is 38.1 Å². The summed E-state index contributed by atoms with van der Waals surface area (Å²) >= 11 is 0. The Morgan fingerprint density at radius 1 is 0.414 bits per heavy atom. The van der Waals surface area contributed by atoms with Gasteiger partial charge in [-0.05, 0) is 34.4 Å². The van der Waals surface area contributed by atoms with Crippen molar-refractivity contribution in [1.82, 2.24) is 0 Å². The van der Waals surface area contributed by atoms with Crippen LogP contribution in [0.25, 0.3) is 0 Å². The summed E-state index contributed by atoms with van der Waals surface area (Å²) in [6.07, 6.45) is 0. The van der Waals surface area contributed by atoms with Gasteiger partial charge in [0.2, 0.25) is 0 Å². The summed E-state index contributed by atoms with van der Waals surface area (Å²) in [6, 6.07) is 47.0. The third-order valence-corrected chi connectivity index (χ3v) is 12.1. The Hall–Kier alpha value is -5.66. The van der Waals surface area contributed by atoms with E-state index in [-0.39, 0.29) is 48.9 Å². The van der Waals surface area contributed by atoms with Gasteiger partial charge < -0.3 is 28.3 Å². The number of para-hydroxylation sites is 2. The molecule has 6 aromatic carbocycles. The summed E-state index contributed by atoms with van der Waals surface area (Å²) in [5, 5.41) is 44.3. The molecule has 0 radical (unpaired) electrons. The van der Waals surface area contributed by atoms with E-state index in [1.807, 2.05) is 24.3 Å². The fraction of sp³-hybridized carbons (Fsp3) is 0.143. The molecule has 0 aliphatic rings. The summed E-state index contributed by atoms with van der Waals surface area (Å²) < 4.78 is 49.2. The van der Waals surface area contributed by atoms with Crippen LogP contribution in [0.2, 0.25) is 0 Å². The molecule has 0 aromatic heterocycles. The van der Waals surface area contributed by atoms with E-state index >= 15 is 0 Å². The Morgan fingerprint density at radius 3 is 0.879 bits per heavy atom. The van der Waals surface area contributed by atoms with Crippen molar-refractivity contribution in [3.63, 3.8) is 0 Å². The van der Waals surface area contributed by atoms with E-state index in [0.717, 1.165) is 22.3 Å². The maximum absolute atomic E-state index is 13.5. The summed E-state index contributed by atoms with van der Waals surface area (Å²) in [6.45, 7) is -0.315. The molecule has 0 spiro atoms. The van der Waals surface area contributed by atoms with Crippen LogP contribution in [0.15, 0.2) is 170 Å². The van der Waals surface area contributed by atoms with Gasteiger partial charge in [-0.25, -0.2) is 0 Å².